The van der Waals surface area contributed by atoms with E-state index < -0.39 is 23.5 Å². The van der Waals surface area contributed by atoms with Gasteiger partial charge in [-0.2, -0.15) is 5.10 Å². The number of amides is 2. The summed E-state index contributed by atoms with van der Waals surface area (Å²) in [6.45, 7) is 7.75. The lowest BCUT2D eigenvalue weighted by molar-refractivity contribution is 0.0411. The third kappa shape index (κ3) is 5.30. The monoisotopic (exact) mass is 575 g/mol. The number of aryl methyl sites for hydroxylation is 1. The van der Waals surface area contributed by atoms with E-state index in [1.165, 1.54) is 24.4 Å². The highest BCUT2D eigenvalue weighted by Crippen LogP contribution is 2.27. The van der Waals surface area contributed by atoms with Gasteiger partial charge in [0.2, 0.25) is 5.78 Å². The number of rotatable bonds is 7. The number of aliphatic hydroxyl groups excluding tert-OH is 1. The van der Waals surface area contributed by atoms with Gasteiger partial charge in [0.25, 0.3) is 11.8 Å². The number of benzene rings is 1. The number of anilines is 1. The van der Waals surface area contributed by atoms with Gasteiger partial charge in [-0.05, 0) is 75.9 Å². The van der Waals surface area contributed by atoms with Crippen LogP contribution in [0, 0.1) is 26.6 Å². The molecule has 1 aliphatic rings. The van der Waals surface area contributed by atoms with E-state index in [9.17, 15) is 23.9 Å². The molecule has 3 N–H and O–H groups in total. The Morgan fingerprint density at radius 1 is 1.14 bits per heavy atom. The first-order valence-corrected chi connectivity index (χ1v) is 13.7. The van der Waals surface area contributed by atoms with Crippen molar-refractivity contribution in [1.82, 2.24) is 29.4 Å². The number of nitrogens with zero attached hydrogens (tertiary/aromatic N) is 5. The van der Waals surface area contributed by atoms with E-state index in [2.05, 4.69) is 20.7 Å². The Morgan fingerprint density at radius 2 is 1.86 bits per heavy atom. The Balaban J connectivity index is 1.26. The predicted molar refractivity (Wildman–Crippen MR) is 154 cm³/mol. The number of carbonyl (C=O) groups is 3. The number of fused-ring (bicyclic) bond motifs is 1. The van der Waals surface area contributed by atoms with E-state index in [4.69, 9.17) is 0 Å². The smallest absolute Gasteiger partial charge is 0.259 e. The van der Waals surface area contributed by atoms with Crippen molar-refractivity contribution in [2.45, 2.75) is 52.3 Å². The van der Waals surface area contributed by atoms with Gasteiger partial charge in [0, 0.05) is 49.5 Å². The highest BCUT2D eigenvalue weighted by Gasteiger charge is 2.37. The van der Waals surface area contributed by atoms with Crippen LogP contribution < -0.4 is 10.6 Å². The zero-order valence-corrected chi connectivity index (χ0v) is 24.2. The highest BCUT2D eigenvalue weighted by molar-refractivity contribution is 6.09. The maximum absolute atomic E-state index is 13.7. The molecule has 1 aromatic carbocycles. The van der Waals surface area contributed by atoms with E-state index in [-0.39, 0.29) is 17.4 Å². The Hall–Kier alpha value is -4.42. The second-order valence-electron chi connectivity index (χ2n) is 11.1. The highest BCUT2D eigenvalue weighted by atomic mass is 19.1. The molecule has 0 radical (unpaired) electrons. The fraction of sp³-hybridized carbons (Fsp3) is 0.367. The van der Waals surface area contributed by atoms with Gasteiger partial charge in [-0.15, -0.1) is 0 Å². The summed E-state index contributed by atoms with van der Waals surface area (Å²) >= 11 is 0. The van der Waals surface area contributed by atoms with Crippen molar-refractivity contribution in [3.63, 3.8) is 0 Å². The van der Waals surface area contributed by atoms with Gasteiger partial charge in [-0.3, -0.25) is 19.7 Å². The molecule has 4 heterocycles. The predicted octanol–water partition coefficient (Wildman–Crippen LogP) is 3.17. The minimum atomic E-state index is -1.52. The first kappa shape index (κ1) is 29.1. The number of aromatic nitrogens is 4. The molecule has 0 spiro atoms. The number of carbonyl (C=O) groups excluding carboxylic acids is 3. The summed E-state index contributed by atoms with van der Waals surface area (Å²) in [5.41, 5.74) is 2.65. The van der Waals surface area contributed by atoms with Crippen LogP contribution in [-0.2, 0) is 7.05 Å². The average Bonchev–Trinajstić information content (AvgIpc) is 3.48. The molecule has 0 bridgehead atoms. The maximum Gasteiger partial charge on any atom is 0.259 e. The summed E-state index contributed by atoms with van der Waals surface area (Å²) in [5.74, 6) is -1.53. The second kappa shape index (κ2) is 11.1. The van der Waals surface area contributed by atoms with E-state index in [1.807, 2.05) is 6.92 Å². The molecular weight excluding hydrogens is 541 g/mol. The Labute approximate surface area is 242 Å². The molecule has 0 aliphatic carbocycles. The summed E-state index contributed by atoms with van der Waals surface area (Å²) in [4.78, 5) is 45.8. The van der Waals surface area contributed by atoms with Crippen LogP contribution in [0.3, 0.4) is 0 Å². The molecule has 4 aromatic rings. The molecule has 11 nitrogen and oxygen atoms in total. The zero-order valence-electron chi connectivity index (χ0n) is 24.2. The van der Waals surface area contributed by atoms with Gasteiger partial charge in [-0.25, -0.2) is 13.9 Å². The van der Waals surface area contributed by atoms with E-state index in [1.54, 1.807) is 60.3 Å². The Kier molecular flexibility index (Phi) is 7.69. The fourth-order valence-corrected chi connectivity index (χ4v) is 5.60. The number of halogens is 1. The van der Waals surface area contributed by atoms with Crippen LogP contribution >= 0.6 is 0 Å². The second-order valence-corrected chi connectivity index (χ2v) is 11.1. The van der Waals surface area contributed by atoms with Crippen LogP contribution in [-0.4, -0.2) is 71.6 Å². The summed E-state index contributed by atoms with van der Waals surface area (Å²) < 4.78 is 16.8. The molecular formula is C30H34FN7O4. The zero-order chi connectivity index (χ0) is 30.3. The van der Waals surface area contributed by atoms with Gasteiger partial charge in [-0.1, -0.05) is 0 Å². The first-order valence-electron chi connectivity index (χ1n) is 13.7. The molecule has 42 heavy (non-hydrogen) atoms. The average molecular weight is 576 g/mol. The minimum Gasteiger partial charge on any atom is -0.371 e. The number of hydrogen-bond donors (Lipinski definition) is 3. The van der Waals surface area contributed by atoms with Crippen LogP contribution in [0.2, 0.25) is 0 Å². The SMILES string of the molecule is Cc1cc(NC(=O)c2c(C)c(C(=O)C(O)NC3(C)CCN(C(=O)c4cnn5cccnc45)CC3)n(C)c2C)ccc1F. The fourth-order valence-electron chi connectivity index (χ4n) is 5.60. The molecule has 2 amide bonds. The summed E-state index contributed by atoms with van der Waals surface area (Å²) in [6, 6.07) is 6.03. The minimum absolute atomic E-state index is 0.168. The first-order chi connectivity index (χ1) is 19.9. The Bertz CT molecular complexity index is 1700. The van der Waals surface area contributed by atoms with Gasteiger partial charge in [0.05, 0.1) is 17.5 Å². The molecule has 1 saturated heterocycles. The number of ketones is 1. The summed E-state index contributed by atoms with van der Waals surface area (Å²) in [7, 11) is 1.67. The standard InChI is InChI=1S/C30H34FN7O4/c1-17-15-20(7-8-22(17)31)34-27(40)23-18(2)24(36(5)19(23)3)25(39)28(41)35-30(4)9-13-37(14-10-30)29(42)21-16-33-38-12-6-11-32-26(21)38/h6-8,11-12,15-16,28,35,41H,9-10,13-14H2,1-5H3,(H,34,40). The van der Waals surface area contributed by atoms with Crippen molar-refractivity contribution in [2.75, 3.05) is 18.4 Å². The molecule has 1 fully saturated rings. The topological polar surface area (TPSA) is 134 Å². The molecule has 1 unspecified atom stereocenters. The Morgan fingerprint density at radius 3 is 2.55 bits per heavy atom. The maximum atomic E-state index is 13.7. The van der Waals surface area contributed by atoms with Crippen molar-refractivity contribution in [3.05, 3.63) is 82.3 Å². The van der Waals surface area contributed by atoms with Crippen molar-refractivity contribution >= 4 is 28.9 Å². The van der Waals surface area contributed by atoms with Gasteiger partial charge in [0.1, 0.15) is 11.4 Å². The third-order valence-electron chi connectivity index (χ3n) is 8.20. The lowest BCUT2D eigenvalue weighted by Crippen LogP contribution is -2.57. The normalized spacial score (nSPS) is 15.5. The largest absolute Gasteiger partial charge is 0.371 e. The number of likely N-dealkylation sites (tertiary alicyclic amines) is 1. The van der Waals surface area contributed by atoms with Crippen LogP contribution in [0.25, 0.3) is 5.65 Å². The molecule has 5 rings (SSSR count). The van der Waals surface area contributed by atoms with Crippen molar-refractivity contribution in [2.24, 2.45) is 7.05 Å². The quantitative estimate of drug-likeness (QED) is 0.228. The number of Topliss-reactive ketones (excluding diaryl/α,β-unsaturated/α-hetero) is 1. The van der Waals surface area contributed by atoms with Crippen molar-refractivity contribution < 1.29 is 23.9 Å². The van der Waals surface area contributed by atoms with Crippen LogP contribution in [0.5, 0.6) is 0 Å². The molecule has 1 aliphatic heterocycles. The number of hydrogen-bond acceptors (Lipinski definition) is 7. The molecule has 3 aromatic heterocycles. The summed E-state index contributed by atoms with van der Waals surface area (Å²) in [6.07, 6.45) is 4.34. The third-order valence-corrected chi connectivity index (χ3v) is 8.20. The van der Waals surface area contributed by atoms with E-state index in [0.717, 1.165) is 0 Å². The molecule has 12 heteroatoms. The lowest BCUT2D eigenvalue weighted by atomic mass is 9.88. The van der Waals surface area contributed by atoms with Crippen molar-refractivity contribution in [3.8, 4) is 0 Å². The van der Waals surface area contributed by atoms with Crippen molar-refractivity contribution in [1.29, 1.82) is 0 Å². The summed E-state index contributed by atoms with van der Waals surface area (Å²) in [5, 5.41) is 21.0. The van der Waals surface area contributed by atoms with Crippen LogP contribution in [0.4, 0.5) is 10.1 Å². The van der Waals surface area contributed by atoms with E-state index in [0.29, 0.717) is 65.2 Å². The van der Waals surface area contributed by atoms with Gasteiger partial charge < -0.3 is 19.9 Å². The van der Waals surface area contributed by atoms with Crippen LogP contribution in [0.1, 0.15) is 67.8 Å². The number of piperidine rings is 1. The lowest BCUT2D eigenvalue weighted by Gasteiger charge is -2.41. The molecule has 220 valence electrons. The molecule has 0 saturated carbocycles. The van der Waals surface area contributed by atoms with Crippen LogP contribution in [0.15, 0.2) is 42.9 Å². The number of nitrogens with one attached hydrogen (secondary N) is 2. The molecule has 1 atom stereocenters. The number of aliphatic hydroxyl groups is 1. The van der Waals surface area contributed by atoms with E-state index >= 15 is 0 Å². The van der Waals surface area contributed by atoms with Gasteiger partial charge >= 0.3 is 0 Å². The van der Waals surface area contributed by atoms with Gasteiger partial charge in [0.15, 0.2) is 11.9 Å².